The van der Waals surface area contributed by atoms with E-state index in [-0.39, 0.29) is 11.8 Å². The van der Waals surface area contributed by atoms with Crippen LogP contribution in [0.1, 0.15) is 5.56 Å². The number of likely N-dealkylation sites (N-methyl/N-ethyl adjacent to an activating group) is 1. The van der Waals surface area contributed by atoms with Gasteiger partial charge in [-0.15, -0.1) is 0 Å². The molecule has 2 rings (SSSR count). The Labute approximate surface area is 135 Å². The molecule has 0 saturated heterocycles. The number of carbonyl (C=O) groups is 1. The van der Waals surface area contributed by atoms with Crippen LogP contribution in [0.5, 0.6) is 0 Å². The lowest BCUT2D eigenvalue weighted by Gasteiger charge is -2.08. The minimum Gasteiger partial charge on any atom is -0.338 e. The van der Waals surface area contributed by atoms with E-state index in [1.165, 1.54) is 12.1 Å². The van der Waals surface area contributed by atoms with E-state index in [1.54, 1.807) is 29.2 Å². The number of hydrogen-bond acceptors (Lipinski definition) is 3. The van der Waals surface area contributed by atoms with Gasteiger partial charge in [0.1, 0.15) is 5.82 Å². The normalized spacial score (nSPS) is 10.8. The molecule has 0 aliphatic carbocycles. The van der Waals surface area contributed by atoms with Gasteiger partial charge in [0.15, 0.2) is 0 Å². The van der Waals surface area contributed by atoms with Crippen LogP contribution >= 0.6 is 0 Å². The fraction of sp³-hybridized carbons (Fsp3) is 0.375. The number of urea groups is 1. The molecular formula is C16H22FN5O. The zero-order chi connectivity index (χ0) is 16.7. The van der Waals surface area contributed by atoms with Gasteiger partial charge in [-0.05, 0) is 38.2 Å². The number of benzene rings is 1. The molecule has 7 heteroatoms. The largest absolute Gasteiger partial charge is 0.338 e. The molecule has 0 aliphatic heterocycles. The van der Waals surface area contributed by atoms with Crippen molar-refractivity contribution in [3.8, 4) is 0 Å². The quantitative estimate of drug-likeness (QED) is 0.820. The molecule has 124 valence electrons. The number of anilines is 1. The van der Waals surface area contributed by atoms with E-state index in [1.807, 2.05) is 14.1 Å². The van der Waals surface area contributed by atoms with Crippen molar-refractivity contribution >= 4 is 11.7 Å². The van der Waals surface area contributed by atoms with E-state index in [0.717, 1.165) is 18.7 Å². The average molecular weight is 319 g/mol. The third-order valence-electron chi connectivity index (χ3n) is 3.28. The minimum atomic E-state index is -0.278. The van der Waals surface area contributed by atoms with Crippen LogP contribution in [0.3, 0.4) is 0 Å². The summed E-state index contributed by atoms with van der Waals surface area (Å²) in [4.78, 5) is 13.9. The van der Waals surface area contributed by atoms with Gasteiger partial charge in [0.25, 0.3) is 0 Å². The first kappa shape index (κ1) is 17.0. The Kier molecular flexibility index (Phi) is 6.10. The van der Waals surface area contributed by atoms with Crippen molar-refractivity contribution in [3.63, 3.8) is 0 Å². The van der Waals surface area contributed by atoms with Gasteiger partial charge in [-0.3, -0.25) is 4.68 Å². The molecule has 1 aromatic heterocycles. The molecule has 1 heterocycles. The second kappa shape index (κ2) is 8.28. The Bertz CT molecular complexity index is 624. The van der Waals surface area contributed by atoms with E-state index in [9.17, 15) is 9.18 Å². The first-order chi connectivity index (χ1) is 11.0. The summed E-state index contributed by atoms with van der Waals surface area (Å²) >= 11 is 0. The third-order valence-corrected chi connectivity index (χ3v) is 3.28. The Morgan fingerprint density at radius 1 is 1.30 bits per heavy atom. The van der Waals surface area contributed by atoms with Crippen molar-refractivity contribution in [1.82, 2.24) is 20.0 Å². The molecule has 0 spiro atoms. The highest BCUT2D eigenvalue weighted by molar-refractivity contribution is 5.88. The Balaban J connectivity index is 1.71. The summed E-state index contributed by atoms with van der Waals surface area (Å²) in [5.74, 6) is -0.259. The second-order valence-corrected chi connectivity index (χ2v) is 5.55. The number of aromatic nitrogens is 2. The van der Waals surface area contributed by atoms with Crippen LogP contribution in [0.4, 0.5) is 14.9 Å². The fourth-order valence-corrected chi connectivity index (χ4v) is 2.00. The number of hydrogen-bond donors (Lipinski definition) is 2. The summed E-state index contributed by atoms with van der Waals surface area (Å²) in [5.41, 5.74) is 1.63. The SMILES string of the molecule is CN(C)CCn1cc(NC(=O)NCCc2ccc(F)cc2)cn1. The molecule has 2 N–H and O–H groups in total. The molecule has 0 atom stereocenters. The van der Waals surface area contributed by atoms with Crippen molar-refractivity contribution in [2.45, 2.75) is 13.0 Å². The average Bonchev–Trinajstić information content (AvgIpc) is 2.94. The summed E-state index contributed by atoms with van der Waals surface area (Å²) in [6.45, 7) is 2.12. The molecule has 0 unspecified atom stereocenters. The number of nitrogens with one attached hydrogen (secondary N) is 2. The number of carbonyl (C=O) groups excluding carboxylic acids is 1. The van der Waals surface area contributed by atoms with Gasteiger partial charge in [-0.2, -0.15) is 5.10 Å². The van der Waals surface area contributed by atoms with Gasteiger partial charge in [0.05, 0.1) is 18.4 Å². The molecule has 0 radical (unpaired) electrons. The van der Waals surface area contributed by atoms with Crippen molar-refractivity contribution < 1.29 is 9.18 Å². The van der Waals surface area contributed by atoms with Crippen LogP contribution in [0.25, 0.3) is 0 Å². The zero-order valence-corrected chi connectivity index (χ0v) is 13.4. The van der Waals surface area contributed by atoms with Crippen molar-refractivity contribution in [1.29, 1.82) is 0 Å². The maximum Gasteiger partial charge on any atom is 0.319 e. The van der Waals surface area contributed by atoms with Crippen molar-refractivity contribution in [2.24, 2.45) is 0 Å². The lowest BCUT2D eigenvalue weighted by molar-refractivity contribution is 0.252. The van der Waals surface area contributed by atoms with E-state index in [0.29, 0.717) is 18.7 Å². The van der Waals surface area contributed by atoms with Crippen molar-refractivity contribution in [2.75, 3.05) is 32.5 Å². The summed E-state index contributed by atoms with van der Waals surface area (Å²) < 4.78 is 14.6. The molecule has 0 fully saturated rings. The fourth-order valence-electron chi connectivity index (χ4n) is 2.00. The van der Waals surface area contributed by atoms with Crippen LogP contribution in [0.2, 0.25) is 0 Å². The maximum atomic E-state index is 12.8. The molecule has 2 amide bonds. The lowest BCUT2D eigenvalue weighted by Crippen LogP contribution is -2.30. The summed E-state index contributed by atoms with van der Waals surface area (Å²) in [7, 11) is 3.99. The predicted molar refractivity (Wildman–Crippen MR) is 87.9 cm³/mol. The molecule has 0 saturated carbocycles. The summed E-state index contributed by atoms with van der Waals surface area (Å²) in [5, 5.41) is 9.69. The Morgan fingerprint density at radius 3 is 2.74 bits per heavy atom. The first-order valence-electron chi connectivity index (χ1n) is 7.49. The number of rotatable bonds is 7. The monoisotopic (exact) mass is 319 g/mol. The third kappa shape index (κ3) is 6.07. The topological polar surface area (TPSA) is 62.2 Å². The molecule has 0 aliphatic rings. The van der Waals surface area contributed by atoms with E-state index in [2.05, 4.69) is 20.6 Å². The van der Waals surface area contributed by atoms with Gasteiger partial charge in [-0.25, -0.2) is 9.18 Å². The van der Waals surface area contributed by atoms with Gasteiger partial charge in [0.2, 0.25) is 0 Å². The minimum absolute atomic E-state index is 0.259. The van der Waals surface area contributed by atoms with Crippen LogP contribution in [0.15, 0.2) is 36.7 Å². The Morgan fingerprint density at radius 2 is 2.04 bits per heavy atom. The number of amides is 2. The smallest absolute Gasteiger partial charge is 0.319 e. The van der Waals surface area contributed by atoms with Crippen molar-refractivity contribution in [3.05, 3.63) is 48.0 Å². The van der Waals surface area contributed by atoms with E-state index < -0.39 is 0 Å². The van der Waals surface area contributed by atoms with Crippen LogP contribution in [-0.2, 0) is 13.0 Å². The first-order valence-corrected chi connectivity index (χ1v) is 7.49. The molecule has 6 nitrogen and oxygen atoms in total. The van der Waals surface area contributed by atoms with Crippen LogP contribution in [0, 0.1) is 5.82 Å². The highest BCUT2D eigenvalue weighted by Gasteiger charge is 2.04. The Hall–Kier alpha value is -2.41. The molecule has 2 aromatic rings. The predicted octanol–water partition coefficient (Wildman–Crippen LogP) is 1.95. The van der Waals surface area contributed by atoms with Gasteiger partial charge in [-0.1, -0.05) is 12.1 Å². The maximum absolute atomic E-state index is 12.8. The van der Waals surface area contributed by atoms with E-state index >= 15 is 0 Å². The molecule has 1 aromatic carbocycles. The summed E-state index contributed by atoms with van der Waals surface area (Å²) in [6.07, 6.45) is 4.06. The molecule has 23 heavy (non-hydrogen) atoms. The number of halogens is 1. The van der Waals surface area contributed by atoms with Crippen LogP contribution < -0.4 is 10.6 Å². The van der Waals surface area contributed by atoms with Gasteiger partial charge in [0, 0.05) is 19.3 Å². The molecular weight excluding hydrogens is 297 g/mol. The van der Waals surface area contributed by atoms with Crippen LogP contribution in [-0.4, -0.2) is 47.9 Å². The highest BCUT2D eigenvalue weighted by atomic mass is 19.1. The standard InChI is InChI=1S/C16H22FN5O/c1-21(2)9-10-22-12-15(11-19-22)20-16(23)18-8-7-13-3-5-14(17)6-4-13/h3-6,11-12H,7-10H2,1-2H3,(H2,18,20,23). The summed E-state index contributed by atoms with van der Waals surface area (Å²) in [6, 6.07) is 5.97. The number of nitrogens with zero attached hydrogens (tertiary/aromatic N) is 3. The lowest BCUT2D eigenvalue weighted by atomic mass is 10.1. The van der Waals surface area contributed by atoms with E-state index in [4.69, 9.17) is 0 Å². The van der Waals surface area contributed by atoms with Gasteiger partial charge >= 0.3 is 6.03 Å². The second-order valence-electron chi connectivity index (χ2n) is 5.55. The molecule has 0 bridgehead atoms. The zero-order valence-electron chi connectivity index (χ0n) is 13.4. The highest BCUT2D eigenvalue weighted by Crippen LogP contribution is 2.05. The van der Waals surface area contributed by atoms with Gasteiger partial charge < -0.3 is 15.5 Å².